The standard InChI is InChI=1S/C9H13S.C7H15.C6H14NO4S2.C5H11FO3S.CH4/c1-8-5-4-6-9(7-8)10(2)3;1-4-7(5-2)6-3;1-3-5-12(8,9)7-13(10,11)6-4-2;1-3-4-5(2,6)10(7,8)9;/h4-7H,1-3H3;4-6H2,1-3H3;3-6H2,1-2H3;3-4H2,1-2H3,(H,7,8,9);1H4/q+1;2*-1;;/p-1. The topological polar surface area (TPSA) is 140 Å². The van der Waals surface area contributed by atoms with Gasteiger partial charge in [-0.2, -0.15) is 19.3 Å². The molecule has 0 spiro atoms. The van der Waals surface area contributed by atoms with Crippen molar-refractivity contribution in [1.29, 1.82) is 0 Å². The minimum atomic E-state index is -4.78. The van der Waals surface area contributed by atoms with E-state index in [1.165, 1.54) is 29.7 Å². The number of rotatable bonds is 13. The molecule has 0 saturated heterocycles. The average Bonchev–Trinajstić information content (AvgIpc) is 2.80. The molecule has 248 valence electrons. The van der Waals surface area contributed by atoms with Crippen molar-refractivity contribution in [3.63, 3.8) is 0 Å². The molecule has 0 fully saturated rings. The second-order valence-electron chi connectivity index (χ2n) is 9.40. The minimum absolute atomic E-state index is 0. The number of hydrogen-bond donors (Lipinski definition) is 0. The van der Waals surface area contributed by atoms with Crippen LogP contribution in [0.5, 0.6) is 0 Å². The van der Waals surface area contributed by atoms with Crippen LogP contribution in [0, 0.1) is 12.8 Å². The molecule has 0 bridgehead atoms. The number of sulfonamides is 2. The van der Waals surface area contributed by atoms with E-state index in [-0.39, 0.29) is 25.4 Å². The number of alkyl halides is 1. The number of hydrogen-bond acceptors (Lipinski definition) is 7. The maximum atomic E-state index is 12.7. The molecule has 0 saturated carbocycles. The summed E-state index contributed by atoms with van der Waals surface area (Å²) in [6, 6.07) is 8.70. The Morgan fingerprint density at radius 3 is 1.46 bits per heavy atom. The van der Waals surface area contributed by atoms with Crippen LogP contribution in [0.3, 0.4) is 0 Å². The van der Waals surface area contributed by atoms with Gasteiger partial charge < -0.3 is 14.6 Å². The highest BCUT2D eigenvalue weighted by molar-refractivity contribution is 8.12. The van der Waals surface area contributed by atoms with E-state index < -0.39 is 35.2 Å². The summed E-state index contributed by atoms with van der Waals surface area (Å²) in [6.45, 7) is 14.5. The zero-order chi connectivity index (χ0) is 32.2. The van der Waals surface area contributed by atoms with Crippen molar-refractivity contribution < 1.29 is 34.2 Å². The first kappa shape index (κ1) is 47.2. The van der Waals surface area contributed by atoms with Crippen LogP contribution in [0.15, 0.2) is 29.2 Å². The first-order valence-corrected chi connectivity index (χ1v) is 20.2. The highest BCUT2D eigenvalue weighted by Crippen LogP contribution is 2.23. The average molecular weight is 666 g/mol. The third-order valence-corrected chi connectivity index (χ3v) is 11.4. The summed E-state index contributed by atoms with van der Waals surface area (Å²) in [6.07, 6.45) is 9.14. The smallest absolute Gasteiger partial charge is 0.196 e. The summed E-state index contributed by atoms with van der Waals surface area (Å²) in [5.41, 5.74) is 1.36. The van der Waals surface area contributed by atoms with Crippen molar-refractivity contribution in [3.8, 4) is 0 Å². The van der Waals surface area contributed by atoms with E-state index in [1.807, 2.05) is 0 Å². The fraction of sp³-hybridized carbons (Fsp3) is 0.750. The van der Waals surface area contributed by atoms with E-state index >= 15 is 0 Å². The number of benzene rings is 1. The molecule has 41 heavy (non-hydrogen) atoms. The van der Waals surface area contributed by atoms with Gasteiger partial charge in [0.2, 0.25) is 0 Å². The summed E-state index contributed by atoms with van der Waals surface area (Å²) in [4.78, 5) is 1.46. The van der Waals surface area contributed by atoms with Crippen LogP contribution in [0.25, 0.3) is 4.13 Å². The Morgan fingerprint density at radius 1 is 0.854 bits per heavy atom. The molecular formula is C28H56FNO7S4-2. The van der Waals surface area contributed by atoms with Gasteiger partial charge in [-0.1, -0.05) is 67.5 Å². The van der Waals surface area contributed by atoms with Crippen LogP contribution in [0.2, 0.25) is 0 Å². The van der Waals surface area contributed by atoms with Gasteiger partial charge in [-0.05, 0) is 50.8 Å². The van der Waals surface area contributed by atoms with Gasteiger partial charge in [-0.15, -0.1) is 0 Å². The van der Waals surface area contributed by atoms with Crippen LogP contribution in [0.1, 0.15) is 106 Å². The minimum Gasteiger partial charge on any atom is -0.745 e. The Morgan fingerprint density at radius 2 is 1.27 bits per heavy atom. The predicted molar refractivity (Wildman–Crippen MR) is 175 cm³/mol. The molecule has 0 heterocycles. The van der Waals surface area contributed by atoms with E-state index in [4.69, 9.17) is 0 Å². The Kier molecular flexibility index (Phi) is 27.3. The van der Waals surface area contributed by atoms with Crippen LogP contribution in [-0.2, 0) is 41.1 Å². The predicted octanol–water partition coefficient (Wildman–Crippen LogP) is 7.52. The normalized spacial score (nSPS) is 12.9. The Hall–Kier alpha value is -0.730. The lowest BCUT2D eigenvalue weighted by Crippen LogP contribution is -2.29. The first-order chi connectivity index (χ1) is 18.2. The van der Waals surface area contributed by atoms with E-state index in [9.17, 15) is 34.2 Å². The molecule has 1 aromatic rings. The lowest BCUT2D eigenvalue weighted by Gasteiger charge is -2.22. The monoisotopic (exact) mass is 665 g/mol. The van der Waals surface area contributed by atoms with E-state index in [2.05, 4.69) is 68.6 Å². The second kappa shape index (κ2) is 23.7. The van der Waals surface area contributed by atoms with E-state index in [0.29, 0.717) is 30.2 Å². The third kappa shape index (κ3) is 25.5. The number of halogens is 1. The maximum absolute atomic E-state index is 12.7. The van der Waals surface area contributed by atoms with Crippen LogP contribution >= 0.6 is 0 Å². The highest BCUT2D eigenvalue weighted by atomic mass is 32.3. The molecule has 0 radical (unpaired) electrons. The molecule has 0 N–H and O–H groups in total. The fourth-order valence-electron chi connectivity index (χ4n) is 2.95. The zero-order valence-corrected chi connectivity index (χ0v) is 29.3. The zero-order valence-electron chi connectivity index (χ0n) is 26.0. The van der Waals surface area contributed by atoms with Crippen molar-refractivity contribution in [1.82, 2.24) is 0 Å². The fourth-order valence-corrected chi connectivity index (χ4v) is 7.19. The van der Waals surface area contributed by atoms with Gasteiger partial charge in [-0.3, -0.25) is 0 Å². The van der Waals surface area contributed by atoms with Gasteiger partial charge >= 0.3 is 0 Å². The molecule has 8 nitrogen and oxygen atoms in total. The van der Waals surface area contributed by atoms with Crippen LogP contribution in [0.4, 0.5) is 4.39 Å². The summed E-state index contributed by atoms with van der Waals surface area (Å²) in [7, 11) is -11.9. The van der Waals surface area contributed by atoms with Crippen molar-refractivity contribution in [2.45, 2.75) is 118 Å². The molecule has 0 aliphatic rings. The SMILES string of the molecule is C.CCCC(C)(F)S(=O)(=O)[O-].CCCS(=O)(=O)[N-]S(=O)(=O)CCC.CC[C-](CC)CC.Cc1cccc([S+](C)C)c1. The lowest BCUT2D eigenvalue weighted by atomic mass is 10.0. The van der Waals surface area contributed by atoms with Gasteiger partial charge in [0.15, 0.2) is 9.90 Å². The maximum Gasteiger partial charge on any atom is 0.196 e. The van der Waals surface area contributed by atoms with Crippen molar-refractivity contribution in [2.75, 3.05) is 24.0 Å². The molecule has 1 unspecified atom stereocenters. The summed E-state index contributed by atoms with van der Waals surface area (Å²) in [5.74, 6) is 1.26. The number of aryl methyl sites for hydroxylation is 1. The van der Waals surface area contributed by atoms with Crippen molar-refractivity contribution in [3.05, 3.63) is 39.9 Å². The Labute approximate surface area is 255 Å². The van der Waals surface area contributed by atoms with E-state index in [0.717, 1.165) is 6.92 Å². The molecule has 1 aromatic carbocycles. The lowest BCUT2D eigenvalue weighted by molar-refractivity contribution is 0.246. The van der Waals surface area contributed by atoms with E-state index in [1.54, 1.807) is 26.7 Å². The summed E-state index contributed by atoms with van der Waals surface area (Å²) in [5, 5.41) is -2.60. The first-order valence-electron chi connectivity index (χ1n) is 13.5. The third-order valence-electron chi connectivity index (χ3n) is 5.33. The van der Waals surface area contributed by atoms with Gasteiger partial charge in [0.25, 0.3) is 0 Å². The molecule has 1 atom stereocenters. The van der Waals surface area contributed by atoms with Gasteiger partial charge in [0, 0.05) is 22.4 Å². The largest absolute Gasteiger partial charge is 0.745 e. The van der Waals surface area contributed by atoms with Gasteiger partial charge in [0.05, 0.1) is 20.0 Å². The molecular weight excluding hydrogens is 610 g/mol. The molecule has 13 heteroatoms. The molecule has 0 aliphatic carbocycles. The Balaban J connectivity index is -0.000000225. The second-order valence-corrected chi connectivity index (χ2v) is 17.0. The van der Waals surface area contributed by atoms with Crippen molar-refractivity contribution in [2.24, 2.45) is 0 Å². The summed E-state index contributed by atoms with van der Waals surface area (Å²) < 4.78 is 89.8. The molecule has 1 rings (SSSR count). The van der Waals surface area contributed by atoms with Gasteiger partial charge in [-0.25, -0.2) is 29.6 Å². The van der Waals surface area contributed by atoms with Gasteiger partial charge in [0.1, 0.15) is 22.6 Å². The summed E-state index contributed by atoms with van der Waals surface area (Å²) >= 11 is 0. The molecule has 0 amide bonds. The molecule has 0 aromatic heterocycles. The van der Waals surface area contributed by atoms with Crippen molar-refractivity contribution >= 4 is 41.1 Å². The van der Waals surface area contributed by atoms with Crippen LogP contribution < -0.4 is 0 Å². The highest BCUT2D eigenvalue weighted by Gasteiger charge is 2.29. The quantitative estimate of drug-likeness (QED) is 0.121. The molecule has 0 aliphatic heterocycles. The Bertz CT molecular complexity index is 1060. The number of nitrogens with zero attached hydrogens (tertiary/aromatic N) is 1. The van der Waals surface area contributed by atoms with Crippen LogP contribution in [-0.4, -0.2) is 58.8 Å².